The second kappa shape index (κ2) is 25.1. The molecule has 3 fully saturated rings. The molecule has 0 radical (unpaired) electrons. The van der Waals surface area contributed by atoms with Gasteiger partial charge < -0.3 is 32.3 Å². The first-order chi connectivity index (χ1) is 38.0. The number of hydrogen-bond donors (Lipinski definition) is 6. The monoisotopic (exact) mass is 1240 g/mol. The minimum Gasteiger partial charge on any atom is -0.383 e. The standard InChI is InChI=1S/2C18H20ClN5O2.C12H12BrClN2O2.C6H9N3.ClH/c2*1-2-11-9-20-10-21-15(11)22-13-8-12(19)14-16(25)23-18(24(14)17(13)26)6-4-3-5-7-18;13-7-6-8(14)9-10(17)15-12(16(9)11(7)18)4-2-1-3-5-12;1-2-5-3-8-4-9-6(5)7;/h2*8-10H,2-7H2,1H3,(H,23,25)(H,20,21,22);6H,1-5H2,(H,15,17);3-4H,2H2,1H3,(H2,7,8,9);1H. The van der Waals surface area contributed by atoms with Gasteiger partial charge in [-0.05, 0) is 130 Å². The number of pyridine rings is 3. The SMILES string of the molecule is CCc1cncnc1N.CCc1cncnc1Nc1cc(Cl)c2n(c1=O)C1(CCCCC1)NC2=O.CCc1cncnc1Nc1cc(Cl)c2n(c1=O)C1(CCCCC1)NC2=O.Cl.O=C1NC2(CCCCC2)n2c1c(Cl)cc(Br)c2=O. The number of carbonyl (C=O) groups is 3. The Labute approximate surface area is 490 Å². The average Bonchev–Trinajstić information content (AvgIpc) is 4.26. The number of halogens is 5. The first-order valence-electron chi connectivity index (χ1n) is 26.7. The molecule has 0 saturated heterocycles. The van der Waals surface area contributed by atoms with Gasteiger partial charge in [-0.2, -0.15) is 0 Å². The Morgan fingerprint density at radius 1 is 0.512 bits per heavy atom. The summed E-state index contributed by atoms with van der Waals surface area (Å²) < 4.78 is 5.08. The molecular formula is C54H62BrCl4N15O6. The molecule has 7 N–H and O–H groups in total. The van der Waals surface area contributed by atoms with Gasteiger partial charge in [0.2, 0.25) is 0 Å². The van der Waals surface area contributed by atoms with Crippen LogP contribution in [0.1, 0.15) is 165 Å². The Morgan fingerprint density at radius 2 is 0.838 bits per heavy atom. The summed E-state index contributed by atoms with van der Waals surface area (Å²) in [6, 6.07) is 4.52. The molecule has 3 aliphatic heterocycles. The molecule has 80 heavy (non-hydrogen) atoms. The van der Waals surface area contributed by atoms with E-state index in [1.54, 1.807) is 32.3 Å². The van der Waals surface area contributed by atoms with Crippen molar-refractivity contribution in [3.05, 3.63) is 140 Å². The highest BCUT2D eigenvalue weighted by atomic mass is 79.9. The quantitative estimate of drug-likeness (QED) is 0.0868. The zero-order valence-electron chi connectivity index (χ0n) is 44.4. The molecule has 3 aliphatic carbocycles. The molecule has 26 heteroatoms. The average molecular weight is 1240 g/mol. The molecule has 21 nitrogen and oxygen atoms in total. The topological polar surface area (TPSA) is 281 Å². The third-order valence-corrected chi connectivity index (χ3v) is 16.9. The molecule has 9 heterocycles. The second-order valence-corrected chi connectivity index (χ2v) is 22.4. The van der Waals surface area contributed by atoms with E-state index >= 15 is 0 Å². The minimum atomic E-state index is -0.664. The van der Waals surface area contributed by atoms with E-state index in [1.807, 2.05) is 20.8 Å². The van der Waals surface area contributed by atoms with Gasteiger partial charge in [0.15, 0.2) is 0 Å². The summed E-state index contributed by atoms with van der Waals surface area (Å²) in [6.45, 7) is 6.01. The maximum Gasteiger partial charge on any atom is 0.276 e. The highest BCUT2D eigenvalue weighted by molar-refractivity contribution is 9.10. The molecule has 424 valence electrons. The summed E-state index contributed by atoms with van der Waals surface area (Å²) in [6.07, 6.45) is 25.6. The Kier molecular flexibility index (Phi) is 18.7. The number of rotatable bonds is 7. The summed E-state index contributed by atoms with van der Waals surface area (Å²) in [5, 5.41) is 16.0. The zero-order valence-corrected chi connectivity index (χ0v) is 49.1. The van der Waals surface area contributed by atoms with Crippen molar-refractivity contribution in [2.45, 2.75) is 153 Å². The van der Waals surface area contributed by atoms with Gasteiger partial charge in [-0.15, -0.1) is 12.4 Å². The van der Waals surface area contributed by atoms with Gasteiger partial charge in [0, 0.05) is 35.3 Å². The van der Waals surface area contributed by atoms with Crippen molar-refractivity contribution in [2.75, 3.05) is 16.4 Å². The van der Waals surface area contributed by atoms with Crippen molar-refractivity contribution in [1.82, 2.24) is 59.6 Å². The van der Waals surface area contributed by atoms with Gasteiger partial charge in [0.25, 0.3) is 34.4 Å². The Balaban J connectivity index is 0.000000147. The van der Waals surface area contributed by atoms with E-state index in [9.17, 15) is 28.8 Å². The van der Waals surface area contributed by atoms with Crippen molar-refractivity contribution in [2.24, 2.45) is 0 Å². The molecule has 6 aliphatic rings. The molecule has 0 atom stereocenters. The molecule has 6 aromatic rings. The number of aryl methyl sites for hydroxylation is 3. The zero-order chi connectivity index (χ0) is 56.2. The predicted octanol–water partition coefficient (Wildman–Crippen LogP) is 9.58. The van der Waals surface area contributed by atoms with E-state index in [0.29, 0.717) is 44.0 Å². The van der Waals surface area contributed by atoms with Crippen LogP contribution in [0.2, 0.25) is 15.1 Å². The summed E-state index contributed by atoms with van der Waals surface area (Å²) >= 11 is 22.1. The van der Waals surface area contributed by atoms with Gasteiger partial charge in [-0.25, -0.2) is 29.9 Å². The van der Waals surface area contributed by atoms with Crippen molar-refractivity contribution in [3.8, 4) is 0 Å². The van der Waals surface area contributed by atoms with Crippen LogP contribution >= 0.6 is 63.1 Å². The van der Waals surface area contributed by atoms with E-state index in [0.717, 1.165) is 132 Å². The molecule has 0 bridgehead atoms. The smallest absolute Gasteiger partial charge is 0.276 e. The highest BCUT2D eigenvalue weighted by Crippen LogP contribution is 2.41. The highest BCUT2D eigenvalue weighted by Gasteiger charge is 2.48. The number of nitrogens with two attached hydrogens (primary N) is 1. The molecule has 12 rings (SSSR count). The summed E-state index contributed by atoms with van der Waals surface area (Å²) in [4.78, 5) is 99.9. The Morgan fingerprint density at radius 3 is 1.18 bits per heavy atom. The molecular weight excluding hydrogens is 1180 g/mol. The van der Waals surface area contributed by atoms with E-state index in [4.69, 9.17) is 40.5 Å². The number of aromatic nitrogens is 9. The molecule has 3 amide bonds. The van der Waals surface area contributed by atoms with Crippen LogP contribution in [0.25, 0.3) is 0 Å². The van der Waals surface area contributed by atoms with Gasteiger partial charge in [0.1, 0.15) is 81.9 Å². The predicted molar refractivity (Wildman–Crippen MR) is 313 cm³/mol. The third-order valence-electron chi connectivity index (χ3n) is 15.5. The number of fused-ring (bicyclic) bond motifs is 6. The summed E-state index contributed by atoms with van der Waals surface area (Å²) in [5.74, 6) is 0.935. The summed E-state index contributed by atoms with van der Waals surface area (Å²) in [5.41, 5.74) is 7.13. The van der Waals surface area contributed by atoms with Crippen LogP contribution in [0, 0.1) is 0 Å². The number of nitrogens with zero attached hydrogens (tertiary/aromatic N) is 9. The number of nitrogens with one attached hydrogen (secondary N) is 5. The van der Waals surface area contributed by atoms with Gasteiger partial charge in [-0.1, -0.05) is 74.8 Å². The van der Waals surface area contributed by atoms with Gasteiger partial charge >= 0.3 is 0 Å². The second-order valence-electron chi connectivity index (χ2n) is 20.3. The lowest BCUT2D eigenvalue weighted by Crippen LogP contribution is -2.48. The lowest BCUT2D eigenvalue weighted by molar-refractivity contribution is 0.0867. The fourth-order valence-corrected chi connectivity index (χ4v) is 12.9. The third kappa shape index (κ3) is 11.6. The largest absolute Gasteiger partial charge is 0.383 e. The first kappa shape index (κ1) is 59.7. The fourth-order valence-electron chi connectivity index (χ4n) is 11.6. The van der Waals surface area contributed by atoms with Crippen LogP contribution in [0.5, 0.6) is 0 Å². The van der Waals surface area contributed by atoms with Crippen molar-refractivity contribution in [1.29, 1.82) is 0 Å². The van der Waals surface area contributed by atoms with Crippen molar-refractivity contribution < 1.29 is 14.4 Å². The van der Waals surface area contributed by atoms with E-state index in [1.165, 1.54) is 37.2 Å². The molecule has 3 saturated carbocycles. The lowest BCUT2D eigenvalue weighted by Gasteiger charge is -2.35. The van der Waals surface area contributed by atoms with Crippen LogP contribution in [-0.2, 0) is 36.3 Å². The fraction of sp³-hybridized carbons (Fsp3) is 0.444. The molecule has 6 aromatic heterocycles. The van der Waals surface area contributed by atoms with Crippen molar-refractivity contribution in [3.63, 3.8) is 0 Å². The summed E-state index contributed by atoms with van der Waals surface area (Å²) in [7, 11) is 0. The first-order valence-corrected chi connectivity index (χ1v) is 28.6. The maximum atomic E-state index is 13.2. The van der Waals surface area contributed by atoms with E-state index in [2.05, 4.69) is 72.4 Å². The Bertz CT molecular complexity index is 3370. The molecule has 3 spiro atoms. The molecule has 0 aromatic carbocycles. The van der Waals surface area contributed by atoms with Crippen LogP contribution in [0.4, 0.5) is 28.8 Å². The normalized spacial score (nSPS) is 17.4. The number of hydrogen-bond acceptors (Lipinski definition) is 15. The Hall–Kier alpha value is -6.46. The van der Waals surface area contributed by atoms with Gasteiger partial charge in [-0.3, -0.25) is 42.5 Å². The van der Waals surface area contributed by atoms with Gasteiger partial charge in [0.05, 0.1) is 19.5 Å². The van der Waals surface area contributed by atoms with Crippen LogP contribution < -0.4 is 49.0 Å². The van der Waals surface area contributed by atoms with E-state index < -0.39 is 17.0 Å². The number of amides is 3. The lowest BCUT2D eigenvalue weighted by atomic mass is 9.89. The van der Waals surface area contributed by atoms with Crippen LogP contribution in [0.3, 0.4) is 0 Å². The van der Waals surface area contributed by atoms with Crippen LogP contribution in [-0.4, -0.2) is 61.3 Å². The number of anilines is 5. The maximum absolute atomic E-state index is 13.2. The van der Waals surface area contributed by atoms with Crippen LogP contribution in [0.15, 0.2) is 74.6 Å². The van der Waals surface area contributed by atoms with Crippen molar-refractivity contribution >= 4 is 110 Å². The number of nitrogen functional groups attached to an aromatic ring is 1. The number of carbonyl (C=O) groups excluding carboxylic acids is 3. The van der Waals surface area contributed by atoms with E-state index in [-0.39, 0.29) is 68.2 Å². The minimum absolute atomic E-state index is 0. The molecule has 0 unspecified atom stereocenters.